The van der Waals surface area contributed by atoms with Gasteiger partial charge in [-0.05, 0) is 55.2 Å². The van der Waals surface area contributed by atoms with Gasteiger partial charge in [0.05, 0.1) is 13.2 Å². The highest BCUT2D eigenvalue weighted by atomic mass is 16.5. The van der Waals surface area contributed by atoms with Gasteiger partial charge in [0.25, 0.3) is 0 Å². The van der Waals surface area contributed by atoms with E-state index in [4.69, 9.17) is 9.47 Å². The monoisotopic (exact) mass is 401 g/mol. The summed E-state index contributed by atoms with van der Waals surface area (Å²) in [6.07, 6.45) is 1.13. The molecule has 156 valence electrons. The van der Waals surface area contributed by atoms with Gasteiger partial charge >= 0.3 is 0 Å². The molecule has 0 saturated carbocycles. The van der Waals surface area contributed by atoms with Crippen LogP contribution in [0.25, 0.3) is 0 Å². The molecule has 3 aromatic rings. The average Bonchev–Trinajstić information content (AvgIpc) is 2.75. The van der Waals surface area contributed by atoms with Crippen LogP contribution in [0.3, 0.4) is 0 Å². The van der Waals surface area contributed by atoms with Crippen LogP contribution in [-0.2, 0) is 11.3 Å². The Morgan fingerprint density at radius 2 is 1.60 bits per heavy atom. The normalized spacial score (nSPS) is 16.2. The predicted octanol–water partition coefficient (Wildman–Crippen LogP) is 6.03. The Kier molecular flexibility index (Phi) is 6.10. The molecule has 1 heterocycles. The number of hydrogen-bond donors (Lipinski definition) is 0. The first-order chi connectivity index (χ1) is 14.5. The van der Waals surface area contributed by atoms with Gasteiger partial charge in [0.1, 0.15) is 11.4 Å². The molecule has 1 aliphatic rings. The van der Waals surface area contributed by atoms with E-state index in [9.17, 15) is 0 Å². The van der Waals surface area contributed by atoms with Crippen LogP contribution in [0.4, 0.5) is 5.69 Å². The van der Waals surface area contributed by atoms with Gasteiger partial charge in [-0.2, -0.15) is 0 Å². The molecule has 0 saturated heterocycles. The van der Waals surface area contributed by atoms with Gasteiger partial charge in [0, 0.05) is 25.2 Å². The minimum Gasteiger partial charge on any atom is -0.485 e. The molecule has 0 fully saturated rings. The average molecular weight is 402 g/mol. The van der Waals surface area contributed by atoms with Crippen LogP contribution in [0.2, 0.25) is 0 Å². The van der Waals surface area contributed by atoms with Gasteiger partial charge in [0.2, 0.25) is 0 Å². The highest BCUT2D eigenvalue weighted by Crippen LogP contribution is 2.39. The lowest BCUT2D eigenvalue weighted by atomic mass is 9.84. The summed E-state index contributed by atoms with van der Waals surface area (Å²) in [6, 6.07) is 27.6. The molecule has 0 N–H and O–H groups in total. The minimum absolute atomic E-state index is 0.392. The Labute approximate surface area is 180 Å². The summed E-state index contributed by atoms with van der Waals surface area (Å²) in [7, 11) is 2.17. The highest BCUT2D eigenvalue weighted by molar-refractivity contribution is 5.59. The summed E-state index contributed by atoms with van der Waals surface area (Å²) in [4.78, 5) is 2.35. The lowest BCUT2D eigenvalue weighted by Crippen LogP contribution is -2.34. The first kappa shape index (κ1) is 20.5. The fraction of sp³-hybridized carbons (Fsp3) is 0.333. The molecule has 1 aliphatic heterocycles. The van der Waals surface area contributed by atoms with Gasteiger partial charge in [-0.25, -0.2) is 0 Å². The second-order valence-electron chi connectivity index (χ2n) is 8.73. The topological polar surface area (TPSA) is 21.7 Å². The zero-order chi connectivity index (χ0) is 21.0. The van der Waals surface area contributed by atoms with E-state index < -0.39 is 5.60 Å². The molecular weight excluding hydrogens is 370 g/mol. The van der Waals surface area contributed by atoms with Crippen molar-refractivity contribution in [3.05, 3.63) is 95.6 Å². The minimum atomic E-state index is -0.392. The zero-order valence-electron chi connectivity index (χ0n) is 18.2. The molecule has 0 radical (unpaired) electrons. The zero-order valence-corrected chi connectivity index (χ0v) is 18.2. The van der Waals surface area contributed by atoms with Crippen molar-refractivity contribution in [1.82, 2.24) is 0 Å². The molecule has 3 aromatic carbocycles. The molecule has 1 unspecified atom stereocenters. The third kappa shape index (κ3) is 4.85. The summed E-state index contributed by atoms with van der Waals surface area (Å²) in [5.74, 6) is 1.32. The number of ether oxygens (including phenoxy) is 2. The number of hydrogen-bond acceptors (Lipinski definition) is 3. The molecule has 4 rings (SSSR count). The number of rotatable bonds is 7. The molecule has 3 heteroatoms. The molecule has 0 spiro atoms. The first-order valence-electron chi connectivity index (χ1n) is 10.7. The largest absolute Gasteiger partial charge is 0.485 e. The van der Waals surface area contributed by atoms with E-state index in [-0.39, 0.29) is 0 Å². The number of benzene rings is 3. The third-order valence-electron chi connectivity index (χ3n) is 5.71. The van der Waals surface area contributed by atoms with Crippen molar-refractivity contribution in [2.75, 3.05) is 25.1 Å². The fourth-order valence-corrected chi connectivity index (χ4v) is 4.18. The number of nitrogens with zero attached hydrogens (tertiary/aromatic N) is 1. The molecule has 0 amide bonds. The molecular formula is C27H31NO2. The van der Waals surface area contributed by atoms with Crippen molar-refractivity contribution >= 4 is 5.69 Å². The molecule has 3 nitrogen and oxygen atoms in total. The number of anilines is 1. The maximum atomic E-state index is 6.24. The summed E-state index contributed by atoms with van der Waals surface area (Å²) >= 11 is 0. The quantitative estimate of drug-likeness (QED) is 0.482. The number of para-hydroxylation sites is 1. The van der Waals surface area contributed by atoms with Crippen LogP contribution < -0.4 is 9.64 Å². The van der Waals surface area contributed by atoms with Crippen molar-refractivity contribution < 1.29 is 9.47 Å². The van der Waals surface area contributed by atoms with E-state index in [0.29, 0.717) is 19.1 Å². The Morgan fingerprint density at radius 3 is 2.37 bits per heavy atom. The lowest BCUT2D eigenvalue weighted by Gasteiger charge is -2.33. The van der Waals surface area contributed by atoms with Gasteiger partial charge in [-0.15, -0.1) is 0 Å². The van der Waals surface area contributed by atoms with Gasteiger partial charge < -0.3 is 14.4 Å². The van der Waals surface area contributed by atoms with Gasteiger partial charge in [0.15, 0.2) is 0 Å². The van der Waals surface area contributed by atoms with Crippen molar-refractivity contribution in [2.45, 2.75) is 38.4 Å². The maximum absolute atomic E-state index is 6.24. The fourth-order valence-electron chi connectivity index (χ4n) is 4.18. The molecule has 30 heavy (non-hydrogen) atoms. The van der Waals surface area contributed by atoms with E-state index in [0.717, 1.165) is 18.7 Å². The highest BCUT2D eigenvalue weighted by Gasteiger charge is 2.25. The Bertz CT molecular complexity index is 950. The van der Waals surface area contributed by atoms with E-state index in [1.807, 2.05) is 18.2 Å². The maximum Gasteiger partial charge on any atom is 0.127 e. The summed E-state index contributed by atoms with van der Waals surface area (Å²) < 4.78 is 12.1. The van der Waals surface area contributed by atoms with Gasteiger partial charge in [-0.3, -0.25) is 0 Å². The van der Waals surface area contributed by atoms with E-state index in [2.05, 4.69) is 86.5 Å². The van der Waals surface area contributed by atoms with Crippen LogP contribution >= 0.6 is 0 Å². The van der Waals surface area contributed by atoms with E-state index in [1.54, 1.807) is 0 Å². The van der Waals surface area contributed by atoms with E-state index >= 15 is 0 Å². The summed E-state index contributed by atoms with van der Waals surface area (Å²) in [6.45, 7) is 6.35. The van der Waals surface area contributed by atoms with Crippen molar-refractivity contribution in [1.29, 1.82) is 0 Å². The Hall–Kier alpha value is -2.78. The summed E-state index contributed by atoms with van der Waals surface area (Å²) in [5, 5.41) is 0. The molecule has 0 bridgehead atoms. The Balaban J connectivity index is 1.38. The molecule has 0 aromatic heterocycles. The Morgan fingerprint density at radius 1 is 0.900 bits per heavy atom. The van der Waals surface area contributed by atoms with Crippen molar-refractivity contribution in [2.24, 2.45) is 0 Å². The first-order valence-corrected chi connectivity index (χ1v) is 10.7. The SMILES string of the molecule is CN1CCC(c2ccc(OC(C)(C)COCc3ccccc3)cc2)c2ccccc21. The van der Waals surface area contributed by atoms with E-state index in [1.165, 1.54) is 22.4 Å². The molecule has 1 atom stereocenters. The second kappa shape index (κ2) is 8.93. The van der Waals surface area contributed by atoms with Crippen LogP contribution in [0, 0.1) is 0 Å². The van der Waals surface area contributed by atoms with Crippen LogP contribution in [-0.4, -0.2) is 25.8 Å². The van der Waals surface area contributed by atoms with Gasteiger partial charge in [-0.1, -0.05) is 60.7 Å². The smallest absolute Gasteiger partial charge is 0.127 e. The predicted molar refractivity (Wildman–Crippen MR) is 123 cm³/mol. The van der Waals surface area contributed by atoms with Crippen molar-refractivity contribution in [3.63, 3.8) is 0 Å². The number of fused-ring (bicyclic) bond motifs is 1. The van der Waals surface area contributed by atoms with Crippen LogP contribution in [0.5, 0.6) is 5.75 Å². The third-order valence-corrected chi connectivity index (χ3v) is 5.71. The summed E-state index contributed by atoms with van der Waals surface area (Å²) in [5.41, 5.74) is 4.88. The standard InChI is InChI=1S/C27H31NO2/c1-27(2,20-29-19-21-9-5-4-6-10-21)30-23-15-13-22(14-16-23)24-17-18-28(3)26-12-8-7-11-25(24)26/h4-16,24H,17-20H2,1-3H3. The molecule has 0 aliphatic carbocycles. The lowest BCUT2D eigenvalue weighted by molar-refractivity contribution is -0.0101. The van der Waals surface area contributed by atoms with Crippen LogP contribution in [0.15, 0.2) is 78.9 Å². The van der Waals surface area contributed by atoms with Crippen molar-refractivity contribution in [3.8, 4) is 5.75 Å². The van der Waals surface area contributed by atoms with Crippen LogP contribution in [0.1, 0.15) is 42.9 Å². The second-order valence-corrected chi connectivity index (χ2v) is 8.73.